The van der Waals surface area contributed by atoms with E-state index >= 15 is 0 Å². The normalized spacial score (nSPS) is 10.4. The van der Waals surface area contributed by atoms with E-state index in [1.807, 2.05) is 0 Å². The third kappa shape index (κ3) is 2.17. The van der Waals surface area contributed by atoms with Crippen LogP contribution in [0.3, 0.4) is 0 Å². The predicted molar refractivity (Wildman–Crippen MR) is 64.0 cm³/mol. The quantitative estimate of drug-likeness (QED) is 0.900. The molecule has 0 aliphatic rings. The SMILES string of the molecule is CNc1nc(-c2ccc(F)cc2F)c(C(=O)O)s1. The van der Waals surface area contributed by atoms with Crippen LogP contribution in [0.2, 0.25) is 0 Å². The Hall–Kier alpha value is -2.02. The Morgan fingerprint density at radius 1 is 1.44 bits per heavy atom. The van der Waals surface area contributed by atoms with Gasteiger partial charge >= 0.3 is 5.97 Å². The highest BCUT2D eigenvalue weighted by molar-refractivity contribution is 7.17. The zero-order valence-corrected chi connectivity index (χ0v) is 10.0. The van der Waals surface area contributed by atoms with Crippen LogP contribution in [0.5, 0.6) is 0 Å². The number of hydrogen-bond donors (Lipinski definition) is 2. The third-order valence-corrected chi connectivity index (χ3v) is 3.28. The van der Waals surface area contributed by atoms with E-state index < -0.39 is 17.6 Å². The van der Waals surface area contributed by atoms with Gasteiger partial charge < -0.3 is 10.4 Å². The average molecular weight is 270 g/mol. The number of thiazole rings is 1. The number of carboxylic acid groups (broad SMARTS) is 1. The number of benzene rings is 1. The van der Waals surface area contributed by atoms with Gasteiger partial charge in [-0.2, -0.15) is 0 Å². The zero-order valence-electron chi connectivity index (χ0n) is 9.20. The van der Waals surface area contributed by atoms with E-state index in [1.165, 1.54) is 6.07 Å². The van der Waals surface area contributed by atoms with Crippen molar-refractivity contribution >= 4 is 22.4 Å². The van der Waals surface area contributed by atoms with Crippen LogP contribution in [0.15, 0.2) is 18.2 Å². The fourth-order valence-corrected chi connectivity index (χ4v) is 2.21. The molecule has 18 heavy (non-hydrogen) atoms. The molecule has 0 fully saturated rings. The molecule has 0 aliphatic heterocycles. The van der Waals surface area contributed by atoms with E-state index in [4.69, 9.17) is 5.11 Å². The number of aromatic carboxylic acids is 1. The Balaban J connectivity index is 2.62. The maximum Gasteiger partial charge on any atom is 0.348 e. The number of anilines is 1. The standard InChI is InChI=1S/C11H8F2N2O2S/c1-14-11-15-8(9(18-11)10(16)17)6-3-2-5(12)4-7(6)13/h2-4H,1H3,(H,14,15)(H,16,17). The number of halogens is 2. The zero-order chi connectivity index (χ0) is 13.3. The number of carboxylic acids is 1. The van der Waals surface area contributed by atoms with Gasteiger partial charge in [0, 0.05) is 18.7 Å². The van der Waals surface area contributed by atoms with Crippen molar-refractivity contribution in [3.05, 3.63) is 34.7 Å². The van der Waals surface area contributed by atoms with Crippen molar-refractivity contribution in [1.82, 2.24) is 4.98 Å². The molecule has 0 atom stereocenters. The van der Waals surface area contributed by atoms with Gasteiger partial charge in [0.15, 0.2) is 5.13 Å². The van der Waals surface area contributed by atoms with Crippen LogP contribution in [0.25, 0.3) is 11.3 Å². The summed E-state index contributed by atoms with van der Waals surface area (Å²) in [5.41, 5.74) is -0.0408. The van der Waals surface area contributed by atoms with Crippen LogP contribution in [0.1, 0.15) is 9.67 Å². The van der Waals surface area contributed by atoms with Crippen LogP contribution in [-0.4, -0.2) is 23.1 Å². The molecule has 0 aliphatic carbocycles. The van der Waals surface area contributed by atoms with E-state index in [0.29, 0.717) is 11.2 Å². The summed E-state index contributed by atoms with van der Waals surface area (Å²) in [7, 11) is 1.58. The number of aromatic nitrogens is 1. The van der Waals surface area contributed by atoms with Crippen molar-refractivity contribution < 1.29 is 18.7 Å². The maximum absolute atomic E-state index is 13.6. The van der Waals surface area contributed by atoms with Gasteiger partial charge in [-0.15, -0.1) is 0 Å². The second-order valence-corrected chi connectivity index (χ2v) is 4.38. The molecule has 1 aromatic heterocycles. The van der Waals surface area contributed by atoms with Gasteiger partial charge in [-0.05, 0) is 12.1 Å². The lowest BCUT2D eigenvalue weighted by atomic mass is 10.1. The van der Waals surface area contributed by atoms with E-state index in [0.717, 1.165) is 17.4 Å². The summed E-state index contributed by atoms with van der Waals surface area (Å²) in [4.78, 5) is 14.9. The second-order valence-electron chi connectivity index (χ2n) is 3.38. The molecule has 0 spiro atoms. The minimum atomic E-state index is -1.20. The van der Waals surface area contributed by atoms with Crippen molar-refractivity contribution in [2.45, 2.75) is 0 Å². The van der Waals surface area contributed by atoms with Crippen molar-refractivity contribution in [3.8, 4) is 11.3 Å². The number of rotatable bonds is 3. The molecule has 7 heteroatoms. The van der Waals surface area contributed by atoms with Crippen molar-refractivity contribution in [2.75, 3.05) is 12.4 Å². The highest BCUT2D eigenvalue weighted by atomic mass is 32.1. The molecule has 0 radical (unpaired) electrons. The second kappa shape index (κ2) is 4.69. The summed E-state index contributed by atoms with van der Waals surface area (Å²) in [5, 5.41) is 12.1. The van der Waals surface area contributed by atoms with Gasteiger partial charge in [-0.3, -0.25) is 0 Å². The van der Waals surface area contributed by atoms with Gasteiger partial charge in [0.2, 0.25) is 0 Å². The van der Waals surface area contributed by atoms with E-state index in [9.17, 15) is 13.6 Å². The highest BCUT2D eigenvalue weighted by Crippen LogP contribution is 2.32. The molecule has 0 saturated heterocycles. The summed E-state index contributed by atoms with van der Waals surface area (Å²) in [6.45, 7) is 0. The third-order valence-electron chi connectivity index (χ3n) is 2.22. The summed E-state index contributed by atoms with van der Waals surface area (Å²) in [6.07, 6.45) is 0. The van der Waals surface area contributed by atoms with Crippen molar-refractivity contribution in [1.29, 1.82) is 0 Å². The van der Waals surface area contributed by atoms with Gasteiger partial charge in [0.05, 0.1) is 0 Å². The first-order valence-electron chi connectivity index (χ1n) is 4.90. The summed E-state index contributed by atoms with van der Waals surface area (Å²) < 4.78 is 26.4. The first-order chi connectivity index (χ1) is 8.52. The van der Waals surface area contributed by atoms with Crippen LogP contribution in [-0.2, 0) is 0 Å². The summed E-state index contributed by atoms with van der Waals surface area (Å²) >= 11 is 0.893. The van der Waals surface area contributed by atoms with Gasteiger partial charge in [-0.1, -0.05) is 11.3 Å². The van der Waals surface area contributed by atoms with Crippen LogP contribution in [0.4, 0.5) is 13.9 Å². The Kier molecular flexibility index (Phi) is 3.24. The van der Waals surface area contributed by atoms with Crippen LogP contribution in [0, 0.1) is 11.6 Å². The molecule has 0 unspecified atom stereocenters. The molecular formula is C11H8F2N2O2S. The van der Waals surface area contributed by atoms with Crippen molar-refractivity contribution in [2.24, 2.45) is 0 Å². The molecular weight excluding hydrogens is 262 g/mol. The van der Waals surface area contributed by atoms with E-state index in [1.54, 1.807) is 7.05 Å². The lowest BCUT2D eigenvalue weighted by Crippen LogP contribution is -1.97. The predicted octanol–water partition coefficient (Wildman–Crippen LogP) is 2.83. The lowest BCUT2D eigenvalue weighted by Gasteiger charge is -2.01. The topological polar surface area (TPSA) is 62.2 Å². The van der Waals surface area contributed by atoms with Crippen molar-refractivity contribution in [3.63, 3.8) is 0 Å². The number of hydrogen-bond acceptors (Lipinski definition) is 4. The monoisotopic (exact) mass is 270 g/mol. The summed E-state index contributed by atoms with van der Waals surface area (Å²) in [5.74, 6) is -2.77. The Bertz CT molecular complexity index is 613. The largest absolute Gasteiger partial charge is 0.477 e. The molecule has 0 amide bonds. The smallest absolute Gasteiger partial charge is 0.348 e. The number of carbonyl (C=O) groups is 1. The molecule has 4 nitrogen and oxygen atoms in total. The van der Waals surface area contributed by atoms with Gasteiger partial charge in [-0.25, -0.2) is 18.6 Å². The molecule has 1 heterocycles. The van der Waals surface area contributed by atoms with E-state index in [-0.39, 0.29) is 16.1 Å². The first-order valence-corrected chi connectivity index (χ1v) is 5.72. The van der Waals surface area contributed by atoms with Crippen LogP contribution >= 0.6 is 11.3 Å². The maximum atomic E-state index is 13.6. The first kappa shape index (κ1) is 12.4. The molecule has 94 valence electrons. The molecule has 2 aromatic rings. The number of nitrogens with one attached hydrogen (secondary N) is 1. The Morgan fingerprint density at radius 2 is 2.17 bits per heavy atom. The van der Waals surface area contributed by atoms with Crippen LogP contribution < -0.4 is 5.32 Å². The molecule has 2 rings (SSSR count). The molecule has 0 bridgehead atoms. The van der Waals surface area contributed by atoms with Gasteiger partial charge in [0.25, 0.3) is 0 Å². The number of nitrogens with zero attached hydrogens (tertiary/aromatic N) is 1. The molecule has 1 aromatic carbocycles. The van der Waals surface area contributed by atoms with Gasteiger partial charge in [0.1, 0.15) is 22.2 Å². The van der Waals surface area contributed by atoms with E-state index in [2.05, 4.69) is 10.3 Å². The minimum Gasteiger partial charge on any atom is -0.477 e. The fourth-order valence-electron chi connectivity index (χ4n) is 1.44. The Labute approximate surface area is 105 Å². The highest BCUT2D eigenvalue weighted by Gasteiger charge is 2.21. The molecule has 0 saturated carbocycles. The fraction of sp³-hybridized carbons (Fsp3) is 0.0909. The summed E-state index contributed by atoms with van der Waals surface area (Å²) in [6, 6.07) is 2.92. The molecule has 2 N–H and O–H groups in total. The Morgan fingerprint density at radius 3 is 2.72 bits per heavy atom. The lowest BCUT2D eigenvalue weighted by molar-refractivity contribution is 0.0702. The minimum absolute atomic E-state index is 0.00523. The average Bonchev–Trinajstić information content (AvgIpc) is 2.73.